The van der Waals surface area contributed by atoms with Crippen LogP contribution in [0.15, 0.2) is 23.0 Å². The van der Waals surface area contributed by atoms with E-state index in [1.165, 1.54) is 0 Å². The van der Waals surface area contributed by atoms with Crippen molar-refractivity contribution in [1.29, 1.82) is 0 Å². The maximum absolute atomic E-state index is 11.5. The standard InChI is InChI=1S/C12H11IN2O2/c1-6-3-4-8(7(2)5-6)10-14-11(16)9(13)12(17)15-10/h3-5H,1-2H3,(H2,14,15,16,17). The van der Waals surface area contributed by atoms with E-state index in [-0.39, 0.29) is 15.0 Å². The van der Waals surface area contributed by atoms with Crippen molar-refractivity contribution in [1.82, 2.24) is 9.97 Å². The zero-order valence-electron chi connectivity index (χ0n) is 9.41. The van der Waals surface area contributed by atoms with Crippen molar-refractivity contribution >= 4 is 22.6 Å². The van der Waals surface area contributed by atoms with E-state index in [4.69, 9.17) is 0 Å². The largest absolute Gasteiger partial charge is 0.492 e. The second-order valence-electron chi connectivity index (χ2n) is 3.87. The molecule has 0 spiro atoms. The van der Waals surface area contributed by atoms with E-state index >= 15 is 0 Å². The molecule has 1 aromatic heterocycles. The Kier molecular flexibility index (Phi) is 3.19. The van der Waals surface area contributed by atoms with Crippen molar-refractivity contribution in [2.45, 2.75) is 13.8 Å². The molecule has 2 N–H and O–H groups in total. The van der Waals surface area contributed by atoms with Gasteiger partial charge >= 0.3 is 0 Å². The van der Waals surface area contributed by atoms with Crippen molar-refractivity contribution in [3.63, 3.8) is 0 Å². The van der Waals surface area contributed by atoms with E-state index in [1.54, 1.807) is 22.6 Å². The Hall–Kier alpha value is -1.37. The summed E-state index contributed by atoms with van der Waals surface area (Å²) >= 11 is 1.76. The number of rotatable bonds is 1. The second-order valence-corrected chi connectivity index (χ2v) is 4.95. The summed E-state index contributed by atoms with van der Waals surface area (Å²) in [5, 5.41) is 9.55. The van der Waals surface area contributed by atoms with Gasteiger partial charge in [0.2, 0.25) is 5.88 Å². The van der Waals surface area contributed by atoms with E-state index in [9.17, 15) is 9.90 Å². The van der Waals surface area contributed by atoms with Gasteiger partial charge in [0.05, 0.1) is 0 Å². The van der Waals surface area contributed by atoms with Crippen LogP contribution in [-0.2, 0) is 0 Å². The zero-order valence-corrected chi connectivity index (χ0v) is 11.6. The minimum Gasteiger partial charge on any atom is -0.492 e. The Bertz CT molecular complexity index is 635. The van der Waals surface area contributed by atoms with Crippen LogP contribution in [0.3, 0.4) is 0 Å². The van der Waals surface area contributed by atoms with Gasteiger partial charge in [-0.3, -0.25) is 4.79 Å². The van der Waals surface area contributed by atoms with E-state index in [0.717, 1.165) is 16.7 Å². The predicted octanol–water partition coefficient (Wildman–Crippen LogP) is 2.36. The molecule has 17 heavy (non-hydrogen) atoms. The number of halogens is 1. The Labute approximate surface area is 112 Å². The SMILES string of the molecule is Cc1ccc(-c2nc(O)c(I)c(=O)[nH]2)c(C)c1. The van der Waals surface area contributed by atoms with Crippen LogP contribution < -0.4 is 5.56 Å². The molecule has 5 heteroatoms. The molecule has 0 atom stereocenters. The van der Waals surface area contributed by atoms with Gasteiger partial charge < -0.3 is 10.1 Å². The number of nitrogens with zero attached hydrogens (tertiary/aromatic N) is 1. The third-order valence-corrected chi connectivity index (χ3v) is 3.45. The van der Waals surface area contributed by atoms with Crippen LogP contribution >= 0.6 is 22.6 Å². The monoisotopic (exact) mass is 342 g/mol. The molecule has 0 fully saturated rings. The van der Waals surface area contributed by atoms with Gasteiger partial charge in [-0.1, -0.05) is 23.8 Å². The Balaban J connectivity index is 2.65. The maximum atomic E-state index is 11.5. The third kappa shape index (κ3) is 2.33. The molecule has 2 aromatic rings. The van der Waals surface area contributed by atoms with Gasteiger partial charge in [0.25, 0.3) is 5.56 Å². The molecule has 1 aromatic carbocycles. The lowest BCUT2D eigenvalue weighted by molar-refractivity contribution is 0.447. The molecule has 2 rings (SSSR count). The van der Waals surface area contributed by atoms with Crippen molar-refractivity contribution in [3.05, 3.63) is 43.2 Å². The number of hydrogen-bond donors (Lipinski definition) is 2. The van der Waals surface area contributed by atoms with Crippen molar-refractivity contribution in [3.8, 4) is 17.3 Å². The summed E-state index contributed by atoms with van der Waals surface area (Å²) in [5.74, 6) is 0.162. The fraction of sp³-hybridized carbons (Fsp3) is 0.167. The van der Waals surface area contributed by atoms with Gasteiger partial charge in [-0.05, 0) is 42.0 Å². The fourth-order valence-electron chi connectivity index (χ4n) is 1.65. The smallest absolute Gasteiger partial charge is 0.268 e. The maximum Gasteiger partial charge on any atom is 0.268 e. The van der Waals surface area contributed by atoms with Crippen LogP contribution in [0.25, 0.3) is 11.4 Å². The number of nitrogens with one attached hydrogen (secondary N) is 1. The van der Waals surface area contributed by atoms with Crippen LogP contribution in [0.2, 0.25) is 0 Å². The molecule has 4 nitrogen and oxygen atoms in total. The summed E-state index contributed by atoms with van der Waals surface area (Å²) in [6.07, 6.45) is 0. The number of aromatic amines is 1. The number of aromatic hydroxyl groups is 1. The zero-order chi connectivity index (χ0) is 12.6. The average molecular weight is 342 g/mol. The van der Waals surface area contributed by atoms with E-state index in [0.29, 0.717) is 5.82 Å². The van der Waals surface area contributed by atoms with Crippen LogP contribution in [-0.4, -0.2) is 15.1 Å². The molecule has 0 saturated carbocycles. The first-order valence-corrected chi connectivity index (χ1v) is 6.13. The Morgan fingerprint density at radius 1 is 1.35 bits per heavy atom. The topological polar surface area (TPSA) is 66.0 Å². The molecule has 0 aliphatic carbocycles. The van der Waals surface area contributed by atoms with Crippen LogP contribution in [0.1, 0.15) is 11.1 Å². The highest BCUT2D eigenvalue weighted by atomic mass is 127. The van der Waals surface area contributed by atoms with Crippen molar-refractivity contribution in [2.75, 3.05) is 0 Å². The summed E-state index contributed by atoms with van der Waals surface area (Å²) in [6, 6.07) is 5.83. The molecule has 0 unspecified atom stereocenters. The molecule has 0 bridgehead atoms. The Morgan fingerprint density at radius 2 is 2.06 bits per heavy atom. The fourth-order valence-corrected chi connectivity index (χ4v) is 1.91. The molecule has 0 saturated heterocycles. The van der Waals surface area contributed by atoms with Gasteiger partial charge in [-0.2, -0.15) is 4.98 Å². The predicted molar refractivity (Wildman–Crippen MR) is 74.1 cm³/mol. The minimum atomic E-state index is -0.326. The van der Waals surface area contributed by atoms with Crippen molar-refractivity contribution in [2.24, 2.45) is 0 Å². The molecular weight excluding hydrogens is 331 g/mol. The van der Waals surface area contributed by atoms with Crippen molar-refractivity contribution < 1.29 is 5.11 Å². The summed E-state index contributed by atoms with van der Waals surface area (Å²) < 4.78 is 0.205. The summed E-state index contributed by atoms with van der Waals surface area (Å²) in [7, 11) is 0. The highest BCUT2D eigenvalue weighted by molar-refractivity contribution is 14.1. The molecule has 0 amide bonds. The van der Waals surface area contributed by atoms with E-state index in [2.05, 4.69) is 9.97 Å². The number of hydrogen-bond acceptors (Lipinski definition) is 3. The van der Waals surface area contributed by atoms with Crippen LogP contribution in [0, 0.1) is 17.4 Å². The first kappa shape index (κ1) is 12.1. The van der Waals surface area contributed by atoms with Crippen LogP contribution in [0.4, 0.5) is 0 Å². The summed E-state index contributed by atoms with van der Waals surface area (Å²) in [6.45, 7) is 3.94. The number of aromatic nitrogens is 2. The number of H-pyrrole nitrogens is 1. The number of aryl methyl sites for hydroxylation is 2. The third-order valence-electron chi connectivity index (χ3n) is 2.48. The summed E-state index contributed by atoms with van der Waals surface area (Å²) in [4.78, 5) is 18.2. The van der Waals surface area contributed by atoms with Crippen LogP contribution in [0.5, 0.6) is 5.88 Å². The first-order valence-electron chi connectivity index (χ1n) is 5.05. The molecule has 1 heterocycles. The average Bonchev–Trinajstić information content (AvgIpc) is 2.25. The van der Waals surface area contributed by atoms with Gasteiger partial charge in [0.15, 0.2) is 0 Å². The minimum absolute atomic E-state index is 0.205. The summed E-state index contributed by atoms with van der Waals surface area (Å²) in [5.41, 5.74) is 2.64. The van der Waals surface area contributed by atoms with Gasteiger partial charge in [0, 0.05) is 5.56 Å². The highest BCUT2D eigenvalue weighted by Crippen LogP contribution is 2.22. The first-order chi connectivity index (χ1) is 7.99. The lowest BCUT2D eigenvalue weighted by atomic mass is 10.1. The van der Waals surface area contributed by atoms with Gasteiger partial charge in [0.1, 0.15) is 9.39 Å². The lowest BCUT2D eigenvalue weighted by Crippen LogP contribution is -2.12. The molecule has 88 valence electrons. The lowest BCUT2D eigenvalue weighted by Gasteiger charge is -2.06. The normalized spacial score (nSPS) is 10.5. The second kappa shape index (κ2) is 4.48. The molecular formula is C12H11IN2O2. The van der Waals surface area contributed by atoms with Gasteiger partial charge in [-0.15, -0.1) is 0 Å². The quantitative estimate of drug-likeness (QED) is 0.782. The molecule has 0 aliphatic heterocycles. The molecule has 0 aliphatic rings. The van der Waals surface area contributed by atoms with Gasteiger partial charge in [-0.25, -0.2) is 0 Å². The van der Waals surface area contributed by atoms with E-state index in [1.807, 2.05) is 32.0 Å². The van der Waals surface area contributed by atoms with E-state index < -0.39 is 0 Å². The highest BCUT2D eigenvalue weighted by Gasteiger charge is 2.10. The molecule has 0 radical (unpaired) electrons. The number of benzene rings is 1. The Morgan fingerprint density at radius 3 is 2.65 bits per heavy atom.